The van der Waals surface area contributed by atoms with Crippen molar-refractivity contribution in [2.45, 2.75) is 44.5 Å². The maximum absolute atomic E-state index is 14.1. The Kier molecular flexibility index (Phi) is 5.06. The molecular weight excluding hydrogens is 403 g/mol. The van der Waals surface area contributed by atoms with Crippen molar-refractivity contribution in [2.75, 3.05) is 12.1 Å². The Bertz CT molecular complexity index is 912. The zero-order chi connectivity index (χ0) is 20.8. The van der Waals surface area contributed by atoms with E-state index in [4.69, 9.17) is 4.74 Å². The number of rotatable bonds is 4. The highest BCUT2D eigenvalue weighted by Gasteiger charge is 2.68. The lowest BCUT2D eigenvalue weighted by atomic mass is 9.74. The van der Waals surface area contributed by atoms with Gasteiger partial charge in [0.1, 0.15) is 5.75 Å². The molecule has 156 valence electrons. The molecule has 0 spiro atoms. The normalized spacial score (nSPS) is 27.0. The quantitative estimate of drug-likeness (QED) is 0.743. The molecule has 1 N–H and O–H groups in total. The minimum Gasteiger partial charge on any atom is -0.497 e. The highest BCUT2D eigenvalue weighted by atomic mass is 32.1. The van der Waals surface area contributed by atoms with Gasteiger partial charge in [0.05, 0.1) is 18.7 Å². The second-order valence-electron chi connectivity index (χ2n) is 7.47. The number of hydrogen-bond donors (Lipinski definition) is 1. The number of halogens is 3. The van der Waals surface area contributed by atoms with Gasteiger partial charge in [-0.3, -0.25) is 0 Å². The Balaban J connectivity index is 1.70. The SMILES string of the molecule is CC[C@@H]1CCC2=NN(c3nc(-c4ccc(OC)cc4)cs3)[C@](O)(C(F)(F)F)[C@@H]2C1. The summed E-state index contributed by atoms with van der Waals surface area (Å²) in [5.41, 5.74) is -1.38. The summed E-state index contributed by atoms with van der Waals surface area (Å²) >= 11 is 1.04. The van der Waals surface area contributed by atoms with E-state index in [0.29, 0.717) is 28.6 Å². The highest BCUT2D eigenvalue weighted by molar-refractivity contribution is 7.14. The molecule has 1 aliphatic heterocycles. The number of fused-ring (bicyclic) bond motifs is 1. The van der Waals surface area contributed by atoms with Crippen LogP contribution in [0.25, 0.3) is 11.3 Å². The van der Waals surface area contributed by atoms with Crippen molar-refractivity contribution in [3.63, 3.8) is 0 Å². The van der Waals surface area contributed by atoms with E-state index in [1.54, 1.807) is 36.8 Å². The molecule has 2 aromatic rings. The molecule has 0 bridgehead atoms. The third kappa shape index (κ3) is 3.30. The predicted molar refractivity (Wildman–Crippen MR) is 106 cm³/mol. The van der Waals surface area contributed by atoms with Crippen molar-refractivity contribution in [3.8, 4) is 17.0 Å². The molecule has 1 fully saturated rings. The van der Waals surface area contributed by atoms with Gasteiger partial charge in [-0.15, -0.1) is 11.3 Å². The Morgan fingerprint density at radius 3 is 2.66 bits per heavy atom. The minimum atomic E-state index is -4.86. The summed E-state index contributed by atoms with van der Waals surface area (Å²) in [4.78, 5) is 4.36. The minimum absolute atomic E-state index is 0.0330. The zero-order valence-electron chi connectivity index (χ0n) is 16.1. The topological polar surface area (TPSA) is 58.0 Å². The molecular formula is C20H22F3N3O2S. The van der Waals surface area contributed by atoms with Crippen molar-refractivity contribution >= 4 is 22.2 Å². The molecule has 9 heteroatoms. The van der Waals surface area contributed by atoms with E-state index in [-0.39, 0.29) is 17.5 Å². The Morgan fingerprint density at radius 1 is 1.31 bits per heavy atom. The van der Waals surface area contributed by atoms with Crippen molar-refractivity contribution in [1.82, 2.24) is 4.98 Å². The second-order valence-corrected chi connectivity index (χ2v) is 8.31. The fraction of sp³-hybridized carbons (Fsp3) is 0.500. The first-order valence-corrected chi connectivity index (χ1v) is 10.4. The number of nitrogens with zero attached hydrogens (tertiary/aromatic N) is 3. The van der Waals surface area contributed by atoms with Gasteiger partial charge >= 0.3 is 6.18 Å². The van der Waals surface area contributed by atoms with Gasteiger partial charge in [-0.2, -0.15) is 23.3 Å². The molecule has 0 unspecified atom stereocenters. The van der Waals surface area contributed by atoms with Crippen LogP contribution in [0.5, 0.6) is 5.75 Å². The van der Waals surface area contributed by atoms with Crippen LogP contribution in [0.15, 0.2) is 34.7 Å². The second kappa shape index (κ2) is 7.28. The summed E-state index contributed by atoms with van der Waals surface area (Å²) in [5, 5.41) is 17.5. The number of aromatic nitrogens is 1. The number of anilines is 1. The molecule has 0 radical (unpaired) electrons. The average Bonchev–Trinajstić information content (AvgIpc) is 3.31. The van der Waals surface area contributed by atoms with Gasteiger partial charge in [-0.05, 0) is 49.4 Å². The van der Waals surface area contributed by atoms with Crippen LogP contribution < -0.4 is 9.75 Å². The number of aliphatic hydroxyl groups is 1. The summed E-state index contributed by atoms with van der Waals surface area (Å²) in [6.45, 7) is 1.97. The average molecular weight is 425 g/mol. The largest absolute Gasteiger partial charge is 0.497 e. The first-order valence-electron chi connectivity index (χ1n) is 9.54. The van der Waals surface area contributed by atoms with E-state index < -0.39 is 17.8 Å². The van der Waals surface area contributed by atoms with E-state index in [0.717, 1.165) is 29.7 Å². The van der Waals surface area contributed by atoms with Crippen LogP contribution in [-0.4, -0.2) is 34.8 Å². The molecule has 0 saturated heterocycles. The molecule has 1 saturated carbocycles. The lowest BCUT2D eigenvalue weighted by molar-refractivity contribution is -0.270. The summed E-state index contributed by atoms with van der Waals surface area (Å²) < 4.78 is 47.4. The number of thiazole rings is 1. The summed E-state index contributed by atoms with van der Waals surface area (Å²) in [6, 6.07) is 7.09. The maximum atomic E-state index is 14.1. The number of ether oxygens (including phenoxy) is 1. The molecule has 1 aromatic heterocycles. The summed E-state index contributed by atoms with van der Waals surface area (Å²) in [7, 11) is 1.56. The predicted octanol–water partition coefficient (Wildman–Crippen LogP) is 5.07. The number of methoxy groups -OCH3 is 1. The van der Waals surface area contributed by atoms with Crippen molar-refractivity contribution in [3.05, 3.63) is 29.6 Å². The van der Waals surface area contributed by atoms with Crippen LogP contribution in [-0.2, 0) is 0 Å². The fourth-order valence-corrected chi connectivity index (χ4v) is 4.95. The van der Waals surface area contributed by atoms with Crippen molar-refractivity contribution < 1.29 is 23.0 Å². The third-order valence-corrected chi connectivity index (χ3v) is 6.69. The van der Waals surface area contributed by atoms with Crippen LogP contribution >= 0.6 is 11.3 Å². The van der Waals surface area contributed by atoms with Gasteiger partial charge in [0.15, 0.2) is 0 Å². The van der Waals surface area contributed by atoms with Crippen LogP contribution in [0.1, 0.15) is 32.6 Å². The molecule has 29 heavy (non-hydrogen) atoms. The first-order chi connectivity index (χ1) is 13.8. The van der Waals surface area contributed by atoms with Gasteiger partial charge in [-0.25, -0.2) is 4.98 Å². The molecule has 1 aromatic carbocycles. The van der Waals surface area contributed by atoms with Crippen LogP contribution in [0, 0.1) is 11.8 Å². The fourth-order valence-electron chi connectivity index (χ4n) is 4.12. The third-order valence-electron chi connectivity index (χ3n) is 5.87. The molecule has 2 aliphatic rings. The van der Waals surface area contributed by atoms with Gasteiger partial charge < -0.3 is 9.84 Å². The smallest absolute Gasteiger partial charge is 0.439 e. The van der Waals surface area contributed by atoms with Crippen LogP contribution in [0.3, 0.4) is 0 Å². The van der Waals surface area contributed by atoms with Crippen molar-refractivity contribution in [1.29, 1.82) is 0 Å². The van der Waals surface area contributed by atoms with Crippen molar-refractivity contribution in [2.24, 2.45) is 16.9 Å². The lowest BCUT2D eigenvalue weighted by Gasteiger charge is -2.39. The van der Waals surface area contributed by atoms with E-state index >= 15 is 0 Å². The van der Waals surface area contributed by atoms with E-state index in [1.807, 2.05) is 6.92 Å². The van der Waals surface area contributed by atoms with Gasteiger partial charge in [0.25, 0.3) is 5.72 Å². The molecule has 0 amide bonds. The van der Waals surface area contributed by atoms with Gasteiger partial charge in [0.2, 0.25) is 5.13 Å². The van der Waals surface area contributed by atoms with Gasteiger partial charge in [0, 0.05) is 16.7 Å². The Labute approximate surface area is 170 Å². The monoisotopic (exact) mass is 425 g/mol. The van der Waals surface area contributed by atoms with E-state index in [1.165, 1.54) is 0 Å². The number of benzene rings is 1. The molecule has 4 rings (SSSR count). The summed E-state index contributed by atoms with van der Waals surface area (Å²) in [6.07, 6.45) is -2.53. The molecule has 1 aliphatic carbocycles. The van der Waals surface area contributed by atoms with Gasteiger partial charge in [-0.1, -0.05) is 13.3 Å². The number of alkyl halides is 3. The molecule has 2 heterocycles. The standard InChI is InChI=1S/C20H22F3N3O2S/c1-3-12-4-9-16-15(10-12)19(27,20(21,22)23)26(25-16)18-24-17(11-29-18)13-5-7-14(28-2)8-6-13/h5-8,11-12,15,27H,3-4,9-10H2,1-2H3/t12-,15-,19-/m1/s1. The molecule has 5 nitrogen and oxygen atoms in total. The van der Waals surface area contributed by atoms with E-state index in [9.17, 15) is 18.3 Å². The zero-order valence-corrected chi connectivity index (χ0v) is 16.9. The number of hydrogen-bond acceptors (Lipinski definition) is 6. The number of hydrazone groups is 1. The first kappa shape index (κ1) is 20.2. The highest BCUT2D eigenvalue weighted by Crippen LogP contribution is 2.51. The maximum Gasteiger partial charge on any atom is 0.439 e. The Morgan fingerprint density at radius 2 is 2.03 bits per heavy atom. The Hall–Kier alpha value is -2.13. The molecule has 3 atom stereocenters. The summed E-state index contributed by atoms with van der Waals surface area (Å²) in [5.74, 6) is -0.232. The van der Waals surface area contributed by atoms with E-state index in [2.05, 4.69) is 10.1 Å². The van der Waals surface area contributed by atoms with Crippen LogP contribution in [0.4, 0.5) is 18.3 Å². The lowest BCUT2D eigenvalue weighted by Crippen LogP contribution is -2.60. The van der Waals surface area contributed by atoms with Crippen LogP contribution in [0.2, 0.25) is 0 Å².